The van der Waals surface area contributed by atoms with Gasteiger partial charge >= 0.3 is 18.2 Å². The van der Waals surface area contributed by atoms with Gasteiger partial charge in [0.05, 0.1) is 35.6 Å². The summed E-state index contributed by atoms with van der Waals surface area (Å²) >= 11 is 0. The van der Waals surface area contributed by atoms with Crippen LogP contribution in [0.15, 0.2) is 29.1 Å². The van der Waals surface area contributed by atoms with Gasteiger partial charge in [0.25, 0.3) is 5.56 Å². The maximum absolute atomic E-state index is 13.5. The predicted octanol–water partition coefficient (Wildman–Crippen LogP) is 2.17. The molecule has 0 radical (unpaired) electrons. The van der Waals surface area contributed by atoms with Gasteiger partial charge in [-0.05, 0) is 31.7 Å². The molecule has 0 bridgehead atoms. The molecule has 3 aliphatic rings. The number of fused-ring (bicyclic) bond motifs is 6. The molecule has 186 valence electrons. The number of aromatic nitrogens is 2. The number of cyclic esters (lactones) is 1. The van der Waals surface area contributed by atoms with Crippen molar-refractivity contribution in [2.75, 3.05) is 13.6 Å². The van der Waals surface area contributed by atoms with E-state index in [2.05, 4.69) is 19.8 Å². The van der Waals surface area contributed by atoms with Gasteiger partial charge in [-0.25, -0.2) is 9.78 Å². The Bertz CT molecular complexity index is 1550. The first-order valence-corrected chi connectivity index (χ1v) is 11.2. The standard InChI is InChI=1S/C24H19F2N3O7/c1-3-23(36-19(30)8-27-2)14-6-16-20-12(9-29(16)21(31)13(14)10-33-22(23)32)4-11-5-17-18(7-15(11)28-20)35-24(25,26)34-17/h4-7,27H,3,8-10H2,1-2H3. The normalized spacial score (nSPS) is 20.5. The Morgan fingerprint density at radius 2 is 1.94 bits per heavy atom. The van der Waals surface area contributed by atoms with E-state index < -0.39 is 29.4 Å². The molecule has 36 heavy (non-hydrogen) atoms. The molecule has 0 spiro atoms. The highest BCUT2D eigenvalue weighted by molar-refractivity contribution is 5.89. The van der Waals surface area contributed by atoms with Crippen molar-refractivity contribution in [3.05, 3.63) is 51.3 Å². The van der Waals surface area contributed by atoms with Crippen molar-refractivity contribution >= 4 is 22.8 Å². The highest BCUT2D eigenvalue weighted by Crippen LogP contribution is 2.45. The van der Waals surface area contributed by atoms with Gasteiger partial charge in [-0.15, -0.1) is 8.78 Å². The maximum atomic E-state index is 13.5. The topological polar surface area (TPSA) is 118 Å². The predicted molar refractivity (Wildman–Crippen MR) is 119 cm³/mol. The Kier molecular flexibility index (Phi) is 4.65. The summed E-state index contributed by atoms with van der Waals surface area (Å²) in [5.74, 6) is -1.69. The number of carbonyl (C=O) groups is 2. The van der Waals surface area contributed by atoms with Crippen molar-refractivity contribution < 1.29 is 37.3 Å². The summed E-state index contributed by atoms with van der Waals surface area (Å²) in [5.41, 5.74) is 0.179. The SMILES string of the molecule is CCC1(OC(=O)CNC)C(=O)OCc2c1cc1n(c2=O)Cc2cc3cc4c(cc3nc2-1)OC(F)(F)O4. The molecule has 1 unspecified atom stereocenters. The highest BCUT2D eigenvalue weighted by atomic mass is 19.3. The summed E-state index contributed by atoms with van der Waals surface area (Å²) in [7, 11) is 1.56. The molecule has 1 N–H and O–H groups in total. The minimum Gasteiger partial charge on any atom is -0.457 e. The van der Waals surface area contributed by atoms with Crippen molar-refractivity contribution in [3.63, 3.8) is 0 Å². The lowest BCUT2D eigenvalue weighted by Gasteiger charge is -2.35. The number of nitrogens with zero attached hydrogens (tertiary/aromatic N) is 2. The second kappa shape index (κ2) is 7.47. The molecule has 2 aromatic heterocycles. The number of esters is 2. The van der Waals surface area contributed by atoms with Gasteiger partial charge in [0, 0.05) is 22.6 Å². The first-order valence-electron chi connectivity index (χ1n) is 11.2. The lowest BCUT2D eigenvalue weighted by Crippen LogP contribution is -2.48. The van der Waals surface area contributed by atoms with Crippen LogP contribution in [0, 0.1) is 0 Å². The zero-order valence-corrected chi connectivity index (χ0v) is 19.1. The molecule has 10 nitrogen and oxygen atoms in total. The molecule has 6 rings (SSSR count). The molecule has 12 heteroatoms. The Balaban J connectivity index is 1.52. The van der Waals surface area contributed by atoms with E-state index in [1.807, 2.05) is 0 Å². The molecular formula is C24H19F2N3O7. The Morgan fingerprint density at radius 3 is 2.67 bits per heavy atom. The third kappa shape index (κ3) is 3.10. The van der Waals surface area contributed by atoms with Gasteiger partial charge in [-0.1, -0.05) is 6.92 Å². The van der Waals surface area contributed by atoms with Gasteiger partial charge in [-0.2, -0.15) is 0 Å². The first-order chi connectivity index (χ1) is 17.2. The van der Waals surface area contributed by atoms with Crippen LogP contribution in [0.5, 0.6) is 11.5 Å². The Labute approximate surface area is 201 Å². The average molecular weight is 499 g/mol. The Hall–Kier alpha value is -4.06. The monoisotopic (exact) mass is 499 g/mol. The average Bonchev–Trinajstić information content (AvgIpc) is 3.33. The molecule has 0 saturated carbocycles. The quantitative estimate of drug-likeness (QED) is 0.422. The fourth-order valence-corrected chi connectivity index (χ4v) is 4.96. The number of halogens is 2. The first kappa shape index (κ1) is 22.4. The van der Waals surface area contributed by atoms with Gasteiger partial charge in [0.2, 0.25) is 5.60 Å². The van der Waals surface area contributed by atoms with Crippen LogP contribution in [-0.2, 0) is 37.8 Å². The summed E-state index contributed by atoms with van der Waals surface area (Å²) < 4.78 is 48.5. The van der Waals surface area contributed by atoms with E-state index in [1.54, 1.807) is 26.1 Å². The second-order valence-corrected chi connectivity index (χ2v) is 8.73. The van der Waals surface area contributed by atoms with E-state index >= 15 is 0 Å². The third-order valence-electron chi connectivity index (χ3n) is 6.61. The number of carbonyl (C=O) groups excluding carboxylic acids is 2. The highest BCUT2D eigenvalue weighted by Gasteiger charge is 2.50. The van der Waals surface area contributed by atoms with Crippen molar-refractivity contribution in [1.29, 1.82) is 0 Å². The van der Waals surface area contributed by atoms with E-state index in [1.165, 1.54) is 16.7 Å². The zero-order valence-electron chi connectivity index (χ0n) is 19.1. The van der Waals surface area contributed by atoms with Gasteiger partial charge in [0.1, 0.15) is 6.61 Å². The largest absolute Gasteiger partial charge is 0.586 e. The zero-order chi connectivity index (χ0) is 25.4. The third-order valence-corrected chi connectivity index (χ3v) is 6.61. The fourth-order valence-electron chi connectivity index (χ4n) is 4.96. The smallest absolute Gasteiger partial charge is 0.457 e. The molecule has 3 aliphatic heterocycles. The number of alkyl halides is 2. The summed E-state index contributed by atoms with van der Waals surface area (Å²) in [6.45, 7) is 1.45. The van der Waals surface area contributed by atoms with Crippen LogP contribution < -0.4 is 20.3 Å². The molecule has 3 aromatic rings. The van der Waals surface area contributed by atoms with Crippen LogP contribution in [0.1, 0.15) is 30.0 Å². The molecule has 1 atom stereocenters. The van der Waals surface area contributed by atoms with Crippen molar-refractivity contribution in [2.24, 2.45) is 0 Å². The van der Waals surface area contributed by atoms with Crippen molar-refractivity contribution in [1.82, 2.24) is 14.9 Å². The number of rotatable bonds is 4. The molecule has 0 amide bonds. The molecular weight excluding hydrogens is 480 g/mol. The molecule has 1 aromatic carbocycles. The van der Waals surface area contributed by atoms with Crippen LogP contribution in [-0.4, -0.2) is 41.4 Å². The van der Waals surface area contributed by atoms with E-state index in [4.69, 9.17) is 9.47 Å². The number of hydrogen-bond donors (Lipinski definition) is 1. The number of benzene rings is 1. The Morgan fingerprint density at radius 1 is 1.19 bits per heavy atom. The summed E-state index contributed by atoms with van der Waals surface area (Å²) in [6.07, 6.45) is -3.71. The van der Waals surface area contributed by atoms with Crippen LogP contribution in [0.4, 0.5) is 8.78 Å². The fraction of sp³-hybridized carbons (Fsp3) is 0.333. The number of hydrogen-bond acceptors (Lipinski definition) is 9. The summed E-state index contributed by atoms with van der Waals surface area (Å²) in [6, 6.07) is 6.12. The molecule has 0 saturated heterocycles. The van der Waals surface area contributed by atoms with Crippen LogP contribution >= 0.6 is 0 Å². The second-order valence-electron chi connectivity index (χ2n) is 8.73. The van der Waals surface area contributed by atoms with Crippen LogP contribution in [0.25, 0.3) is 22.3 Å². The van der Waals surface area contributed by atoms with E-state index in [9.17, 15) is 23.2 Å². The van der Waals surface area contributed by atoms with Crippen molar-refractivity contribution in [2.45, 2.75) is 38.4 Å². The van der Waals surface area contributed by atoms with Crippen LogP contribution in [0.3, 0.4) is 0 Å². The summed E-state index contributed by atoms with van der Waals surface area (Å²) in [4.78, 5) is 43.4. The molecule has 0 aliphatic carbocycles. The number of likely N-dealkylation sites (N-methyl/N-ethyl adjacent to an activating group) is 1. The van der Waals surface area contributed by atoms with E-state index in [0.717, 1.165) is 0 Å². The number of ether oxygens (including phenoxy) is 4. The van der Waals surface area contributed by atoms with E-state index in [0.29, 0.717) is 27.9 Å². The molecule has 0 fully saturated rings. The minimum atomic E-state index is -3.76. The lowest BCUT2D eigenvalue weighted by atomic mass is 9.85. The van der Waals surface area contributed by atoms with Gasteiger partial charge < -0.3 is 28.8 Å². The van der Waals surface area contributed by atoms with E-state index in [-0.39, 0.29) is 48.7 Å². The van der Waals surface area contributed by atoms with Gasteiger partial charge in [-0.3, -0.25) is 9.59 Å². The van der Waals surface area contributed by atoms with Crippen molar-refractivity contribution in [3.8, 4) is 22.9 Å². The summed E-state index contributed by atoms with van der Waals surface area (Å²) in [5, 5.41) is 3.20. The number of nitrogens with one attached hydrogen (secondary N) is 1. The minimum absolute atomic E-state index is 0.0485. The number of pyridine rings is 2. The maximum Gasteiger partial charge on any atom is 0.586 e. The lowest BCUT2D eigenvalue weighted by molar-refractivity contribution is -0.286. The molecule has 5 heterocycles. The van der Waals surface area contributed by atoms with Gasteiger partial charge in [0.15, 0.2) is 11.5 Å². The van der Waals surface area contributed by atoms with Crippen LogP contribution in [0.2, 0.25) is 0 Å².